The monoisotopic (exact) mass is 211 g/mol. The van der Waals surface area contributed by atoms with Crippen molar-refractivity contribution in [3.63, 3.8) is 0 Å². The molecule has 0 saturated carbocycles. The van der Waals surface area contributed by atoms with E-state index in [-0.39, 0.29) is 0 Å². The zero-order valence-electron chi connectivity index (χ0n) is 7.81. The minimum atomic E-state index is -3.44. The fourth-order valence-corrected chi connectivity index (χ4v) is 3.13. The first kappa shape index (κ1) is 9.68. The summed E-state index contributed by atoms with van der Waals surface area (Å²) in [6.45, 7) is 0. The van der Waals surface area contributed by atoms with Gasteiger partial charge in [0.05, 0.1) is 0 Å². The van der Waals surface area contributed by atoms with E-state index in [0.29, 0.717) is 6.42 Å². The fraction of sp³-hybridized carbons (Fsp3) is 0.400. The lowest BCUT2D eigenvalue weighted by Gasteiger charge is -2.23. The van der Waals surface area contributed by atoms with Crippen LogP contribution < -0.4 is 5.14 Å². The van der Waals surface area contributed by atoms with Gasteiger partial charge in [0.1, 0.15) is 5.25 Å². The van der Waals surface area contributed by atoms with E-state index in [1.807, 2.05) is 24.3 Å². The van der Waals surface area contributed by atoms with Gasteiger partial charge in [0.15, 0.2) is 0 Å². The molecule has 0 spiro atoms. The van der Waals surface area contributed by atoms with Gasteiger partial charge in [-0.15, -0.1) is 0 Å². The molecule has 0 amide bonds. The first-order valence-electron chi connectivity index (χ1n) is 4.68. The van der Waals surface area contributed by atoms with Crippen LogP contribution in [0.5, 0.6) is 0 Å². The van der Waals surface area contributed by atoms with Crippen molar-refractivity contribution < 1.29 is 8.42 Å². The van der Waals surface area contributed by atoms with Crippen LogP contribution in [0.15, 0.2) is 24.3 Å². The summed E-state index contributed by atoms with van der Waals surface area (Å²) in [5.41, 5.74) is 2.01. The standard InChI is InChI=1S/C10H13NO2S/c11-14(12,13)10-7-3-5-8-4-1-2-6-9(8)10/h1-2,4,6,10H,3,5,7H2,(H2,11,12,13)/t10-/m0/s1. The molecular weight excluding hydrogens is 198 g/mol. The number of fused-ring (bicyclic) bond motifs is 1. The number of primary sulfonamides is 1. The summed E-state index contributed by atoms with van der Waals surface area (Å²) < 4.78 is 22.7. The molecular formula is C10H13NO2S. The maximum Gasteiger partial charge on any atom is 0.216 e. The van der Waals surface area contributed by atoms with Gasteiger partial charge in [-0.2, -0.15) is 0 Å². The Morgan fingerprint density at radius 2 is 2.00 bits per heavy atom. The van der Waals surface area contributed by atoms with Gasteiger partial charge in [-0.1, -0.05) is 24.3 Å². The Hall–Kier alpha value is -0.870. The van der Waals surface area contributed by atoms with Crippen LogP contribution >= 0.6 is 0 Å². The molecule has 0 fully saturated rings. The second-order valence-electron chi connectivity index (χ2n) is 3.67. The number of nitrogens with two attached hydrogens (primary N) is 1. The Labute approximate surface area is 84.0 Å². The third-order valence-electron chi connectivity index (χ3n) is 2.71. The quantitative estimate of drug-likeness (QED) is 0.762. The molecule has 14 heavy (non-hydrogen) atoms. The zero-order chi connectivity index (χ0) is 10.2. The lowest BCUT2D eigenvalue weighted by atomic mass is 9.91. The molecule has 2 N–H and O–H groups in total. The molecule has 3 nitrogen and oxygen atoms in total. The Balaban J connectivity index is 2.51. The minimum Gasteiger partial charge on any atom is -0.228 e. The summed E-state index contributed by atoms with van der Waals surface area (Å²) in [7, 11) is -3.44. The van der Waals surface area contributed by atoms with Crippen molar-refractivity contribution in [3.05, 3.63) is 35.4 Å². The van der Waals surface area contributed by atoms with Crippen LogP contribution in [-0.2, 0) is 16.4 Å². The Morgan fingerprint density at radius 3 is 2.71 bits per heavy atom. The largest absolute Gasteiger partial charge is 0.228 e. The van der Waals surface area contributed by atoms with Crippen LogP contribution in [-0.4, -0.2) is 8.42 Å². The van der Waals surface area contributed by atoms with Crippen LogP contribution in [0.25, 0.3) is 0 Å². The van der Waals surface area contributed by atoms with Crippen molar-refractivity contribution in [2.24, 2.45) is 5.14 Å². The van der Waals surface area contributed by atoms with Crippen molar-refractivity contribution >= 4 is 10.0 Å². The summed E-state index contributed by atoms with van der Waals surface area (Å²) in [5.74, 6) is 0. The molecule has 0 aromatic heterocycles. The normalized spacial score (nSPS) is 21.6. The summed E-state index contributed by atoms with van der Waals surface area (Å²) >= 11 is 0. The van der Waals surface area contributed by atoms with E-state index in [1.54, 1.807) is 0 Å². The molecule has 1 aromatic rings. The summed E-state index contributed by atoms with van der Waals surface area (Å²) in [6.07, 6.45) is 2.51. The van der Waals surface area contributed by atoms with Gasteiger partial charge in [-0.05, 0) is 30.4 Å². The smallest absolute Gasteiger partial charge is 0.216 e. The van der Waals surface area contributed by atoms with Gasteiger partial charge in [0, 0.05) is 0 Å². The topological polar surface area (TPSA) is 60.2 Å². The lowest BCUT2D eigenvalue weighted by molar-refractivity contribution is 0.562. The van der Waals surface area contributed by atoms with Gasteiger partial charge in [-0.3, -0.25) is 0 Å². The molecule has 0 radical (unpaired) electrons. The molecule has 1 atom stereocenters. The second kappa shape index (κ2) is 3.37. The molecule has 2 rings (SSSR count). The van der Waals surface area contributed by atoms with E-state index in [4.69, 9.17) is 5.14 Å². The molecule has 1 aromatic carbocycles. The van der Waals surface area contributed by atoms with Crippen LogP contribution in [0.2, 0.25) is 0 Å². The van der Waals surface area contributed by atoms with Crippen LogP contribution in [0.3, 0.4) is 0 Å². The van der Waals surface area contributed by atoms with E-state index < -0.39 is 15.3 Å². The summed E-state index contributed by atoms with van der Waals surface area (Å²) in [6, 6.07) is 7.64. The molecule has 0 unspecified atom stereocenters. The average Bonchev–Trinajstić information content (AvgIpc) is 2.15. The summed E-state index contributed by atoms with van der Waals surface area (Å²) in [4.78, 5) is 0. The number of aryl methyl sites for hydroxylation is 1. The van der Waals surface area contributed by atoms with Crippen LogP contribution in [0, 0.1) is 0 Å². The molecule has 0 aliphatic heterocycles. The lowest BCUT2D eigenvalue weighted by Crippen LogP contribution is -2.25. The maximum absolute atomic E-state index is 11.3. The fourth-order valence-electron chi connectivity index (χ4n) is 2.05. The predicted molar refractivity (Wildman–Crippen MR) is 55.2 cm³/mol. The van der Waals surface area contributed by atoms with Crippen LogP contribution in [0.4, 0.5) is 0 Å². The van der Waals surface area contributed by atoms with Gasteiger partial charge in [0.25, 0.3) is 0 Å². The highest BCUT2D eigenvalue weighted by Gasteiger charge is 2.28. The van der Waals surface area contributed by atoms with E-state index in [2.05, 4.69) is 0 Å². The van der Waals surface area contributed by atoms with Gasteiger partial charge in [-0.25, -0.2) is 13.6 Å². The first-order chi connectivity index (χ1) is 6.59. The van der Waals surface area contributed by atoms with Gasteiger partial charge >= 0.3 is 0 Å². The Kier molecular flexibility index (Phi) is 2.33. The van der Waals surface area contributed by atoms with Crippen molar-refractivity contribution in [3.8, 4) is 0 Å². The number of hydrogen-bond acceptors (Lipinski definition) is 2. The van der Waals surface area contributed by atoms with E-state index in [1.165, 1.54) is 0 Å². The highest BCUT2D eigenvalue weighted by Crippen LogP contribution is 2.33. The molecule has 4 heteroatoms. The van der Waals surface area contributed by atoms with Crippen molar-refractivity contribution in [1.29, 1.82) is 0 Å². The third-order valence-corrected chi connectivity index (χ3v) is 3.99. The van der Waals surface area contributed by atoms with E-state index in [9.17, 15) is 8.42 Å². The highest BCUT2D eigenvalue weighted by molar-refractivity contribution is 7.89. The Bertz CT molecular complexity index is 439. The SMILES string of the molecule is NS(=O)(=O)[C@H]1CCCc2ccccc21. The average molecular weight is 211 g/mol. The van der Waals surface area contributed by atoms with E-state index in [0.717, 1.165) is 24.0 Å². The Morgan fingerprint density at radius 1 is 1.29 bits per heavy atom. The first-order valence-corrected chi connectivity index (χ1v) is 6.29. The van der Waals surface area contributed by atoms with Crippen molar-refractivity contribution in [1.82, 2.24) is 0 Å². The van der Waals surface area contributed by atoms with Crippen molar-refractivity contribution in [2.75, 3.05) is 0 Å². The molecule has 0 saturated heterocycles. The molecule has 0 bridgehead atoms. The van der Waals surface area contributed by atoms with Crippen LogP contribution in [0.1, 0.15) is 29.2 Å². The van der Waals surface area contributed by atoms with Gasteiger partial charge in [0.2, 0.25) is 10.0 Å². The minimum absolute atomic E-state index is 0.493. The third kappa shape index (κ3) is 1.67. The molecule has 76 valence electrons. The predicted octanol–water partition coefficient (Wildman–Crippen LogP) is 1.35. The second-order valence-corrected chi connectivity index (χ2v) is 5.42. The molecule has 1 aliphatic rings. The number of hydrogen-bond donors (Lipinski definition) is 1. The number of benzene rings is 1. The van der Waals surface area contributed by atoms with Gasteiger partial charge < -0.3 is 0 Å². The molecule has 1 aliphatic carbocycles. The number of rotatable bonds is 1. The zero-order valence-corrected chi connectivity index (χ0v) is 8.63. The molecule has 0 heterocycles. The van der Waals surface area contributed by atoms with Crippen molar-refractivity contribution in [2.45, 2.75) is 24.5 Å². The highest BCUT2D eigenvalue weighted by atomic mass is 32.2. The summed E-state index contributed by atoms with van der Waals surface area (Å²) in [5, 5.41) is 4.70. The van der Waals surface area contributed by atoms with E-state index >= 15 is 0 Å². The number of sulfonamides is 1. The maximum atomic E-state index is 11.3.